The van der Waals surface area contributed by atoms with E-state index in [0.29, 0.717) is 24.8 Å². The summed E-state index contributed by atoms with van der Waals surface area (Å²) in [5.74, 6) is 0.113. The highest BCUT2D eigenvalue weighted by Gasteiger charge is 2.38. The number of amides is 1. The van der Waals surface area contributed by atoms with Gasteiger partial charge in [-0.3, -0.25) is 9.69 Å². The first-order valence-electron chi connectivity index (χ1n) is 10.6. The van der Waals surface area contributed by atoms with E-state index < -0.39 is 12.1 Å². The summed E-state index contributed by atoms with van der Waals surface area (Å²) in [6.45, 7) is 5.26. The van der Waals surface area contributed by atoms with Crippen LogP contribution < -0.4 is 0 Å². The van der Waals surface area contributed by atoms with Crippen molar-refractivity contribution in [1.82, 2.24) is 29.5 Å². The van der Waals surface area contributed by atoms with E-state index in [1.54, 1.807) is 13.2 Å². The van der Waals surface area contributed by atoms with Gasteiger partial charge in [0.2, 0.25) is 11.8 Å². The van der Waals surface area contributed by atoms with E-state index in [1.165, 1.54) is 0 Å². The van der Waals surface area contributed by atoms with Crippen LogP contribution in [0.15, 0.2) is 33.5 Å². The number of imidazole rings is 1. The molecule has 0 saturated carbocycles. The van der Waals surface area contributed by atoms with Gasteiger partial charge in [-0.25, -0.2) is 9.78 Å². The third-order valence-electron chi connectivity index (χ3n) is 5.12. The number of furan rings is 1. The van der Waals surface area contributed by atoms with Crippen molar-refractivity contribution in [3.8, 4) is 0 Å². The Hall–Kier alpha value is -3.68. The van der Waals surface area contributed by atoms with Crippen molar-refractivity contribution in [1.29, 1.82) is 0 Å². The molecule has 3 aromatic heterocycles. The molecular formula is C21H25F3N6O5. The maximum Gasteiger partial charge on any atom is 0.490 e. The van der Waals surface area contributed by atoms with Crippen LogP contribution in [0, 0.1) is 6.92 Å². The molecule has 1 aliphatic rings. The van der Waals surface area contributed by atoms with Crippen molar-refractivity contribution in [2.45, 2.75) is 45.6 Å². The molecule has 0 radical (unpaired) electrons. The molecule has 0 aliphatic carbocycles. The second kappa shape index (κ2) is 11.2. The van der Waals surface area contributed by atoms with Crippen LogP contribution in [0.4, 0.5) is 13.2 Å². The summed E-state index contributed by atoms with van der Waals surface area (Å²) < 4.78 is 44.5. The van der Waals surface area contributed by atoms with E-state index in [9.17, 15) is 18.0 Å². The van der Waals surface area contributed by atoms with Gasteiger partial charge in [-0.1, -0.05) is 5.16 Å². The SMILES string of the molecule is Cc1noc(CC(=O)N2CCc3ncc(CN(C)Cc4ccco4)n3CC2)n1.O=C(O)C(F)(F)F. The number of alkyl halides is 3. The second-order valence-corrected chi connectivity index (χ2v) is 7.91. The third kappa shape index (κ3) is 7.40. The van der Waals surface area contributed by atoms with Crippen LogP contribution in [-0.4, -0.2) is 72.8 Å². The number of nitrogens with zero attached hydrogens (tertiary/aromatic N) is 6. The molecule has 0 bridgehead atoms. The predicted molar refractivity (Wildman–Crippen MR) is 113 cm³/mol. The minimum absolute atomic E-state index is 0.00545. The van der Waals surface area contributed by atoms with Gasteiger partial charge in [0.25, 0.3) is 0 Å². The predicted octanol–water partition coefficient (Wildman–Crippen LogP) is 2.06. The van der Waals surface area contributed by atoms with E-state index in [0.717, 1.165) is 43.3 Å². The van der Waals surface area contributed by atoms with Crippen LogP contribution in [-0.2, 0) is 42.1 Å². The van der Waals surface area contributed by atoms with Gasteiger partial charge < -0.3 is 23.5 Å². The van der Waals surface area contributed by atoms with Gasteiger partial charge in [0.15, 0.2) is 5.82 Å². The third-order valence-corrected chi connectivity index (χ3v) is 5.12. The zero-order chi connectivity index (χ0) is 25.6. The molecule has 4 rings (SSSR count). The molecule has 11 nitrogen and oxygen atoms in total. The van der Waals surface area contributed by atoms with E-state index in [-0.39, 0.29) is 12.3 Å². The summed E-state index contributed by atoms with van der Waals surface area (Å²) in [5, 5.41) is 10.9. The Balaban J connectivity index is 0.000000429. The number of hydrogen-bond acceptors (Lipinski definition) is 8. The fourth-order valence-electron chi connectivity index (χ4n) is 3.52. The summed E-state index contributed by atoms with van der Waals surface area (Å²) >= 11 is 0. The molecule has 190 valence electrons. The molecule has 0 unspecified atom stereocenters. The summed E-state index contributed by atoms with van der Waals surface area (Å²) in [7, 11) is 2.06. The molecule has 0 saturated heterocycles. The van der Waals surface area contributed by atoms with Crippen molar-refractivity contribution >= 4 is 11.9 Å². The largest absolute Gasteiger partial charge is 0.490 e. The van der Waals surface area contributed by atoms with E-state index in [2.05, 4.69) is 31.6 Å². The molecule has 35 heavy (non-hydrogen) atoms. The molecule has 1 N–H and O–H groups in total. The quantitative estimate of drug-likeness (QED) is 0.543. The smallest absolute Gasteiger partial charge is 0.475 e. The monoisotopic (exact) mass is 498 g/mol. The van der Waals surface area contributed by atoms with Gasteiger partial charge in [0, 0.05) is 38.8 Å². The summed E-state index contributed by atoms with van der Waals surface area (Å²) in [5.41, 5.74) is 1.14. The average molecular weight is 498 g/mol. The van der Waals surface area contributed by atoms with Crippen LogP contribution in [0.5, 0.6) is 0 Å². The Bertz CT molecular complexity index is 1130. The number of halogens is 3. The van der Waals surface area contributed by atoms with Crippen LogP contribution in [0.25, 0.3) is 0 Å². The van der Waals surface area contributed by atoms with Crippen molar-refractivity contribution in [2.75, 3.05) is 20.1 Å². The van der Waals surface area contributed by atoms with Crippen LogP contribution in [0.3, 0.4) is 0 Å². The minimum Gasteiger partial charge on any atom is -0.475 e. The highest BCUT2D eigenvalue weighted by molar-refractivity contribution is 5.77. The van der Waals surface area contributed by atoms with Crippen molar-refractivity contribution < 1.29 is 36.8 Å². The molecule has 0 fully saturated rings. The first-order valence-corrected chi connectivity index (χ1v) is 10.6. The van der Waals surface area contributed by atoms with Crippen molar-refractivity contribution in [2.24, 2.45) is 0 Å². The average Bonchev–Trinajstić information content (AvgIpc) is 3.48. The number of rotatable bonds is 6. The number of aryl methyl sites for hydroxylation is 1. The highest BCUT2D eigenvalue weighted by atomic mass is 19.4. The molecule has 0 atom stereocenters. The van der Waals surface area contributed by atoms with Crippen molar-refractivity contribution in [3.63, 3.8) is 0 Å². The zero-order valence-corrected chi connectivity index (χ0v) is 19.2. The first kappa shape index (κ1) is 25.9. The standard InChI is InChI=1S/C19H24N6O3.C2HF3O2/c1-14-21-18(28-22-14)10-19(26)24-6-5-17-20-11-15(25(17)8-7-24)12-23(2)13-16-4-3-9-27-16;3-2(4,5)1(6)7/h3-4,9,11H,5-8,10,12-13H2,1-2H3;(H,6,7). The van der Waals surface area contributed by atoms with Crippen LogP contribution in [0.2, 0.25) is 0 Å². The fourth-order valence-corrected chi connectivity index (χ4v) is 3.52. The molecule has 1 amide bonds. The molecule has 0 aromatic carbocycles. The molecule has 4 heterocycles. The Morgan fingerprint density at radius 1 is 1.23 bits per heavy atom. The molecule has 14 heteroatoms. The number of fused-ring (bicyclic) bond motifs is 1. The summed E-state index contributed by atoms with van der Waals surface area (Å²) in [6.07, 6.45) is -0.583. The normalized spacial score (nSPS) is 13.7. The Morgan fingerprint density at radius 3 is 2.57 bits per heavy atom. The lowest BCUT2D eigenvalue weighted by Crippen LogP contribution is -2.35. The number of carboxylic acids is 1. The van der Waals surface area contributed by atoms with E-state index >= 15 is 0 Å². The lowest BCUT2D eigenvalue weighted by molar-refractivity contribution is -0.192. The number of carboxylic acid groups (broad SMARTS) is 1. The maximum atomic E-state index is 12.6. The second-order valence-electron chi connectivity index (χ2n) is 7.91. The van der Waals surface area contributed by atoms with Crippen LogP contribution in [0.1, 0.15) is 29.0 Å². The van der Waals surface area contributed by atoms with Gasteiger partial charge in [-0.15, -0.1) is 0 Å². The van der Waals surface area contributed by atoms with Gasteiger partial charge in [0.1, 0.15) is 18.0 Å². The van der Waals surface area contributed by atoms with E-state index in [1.807, 2.05) is 23.2 Å². The Kier molecular flexibility index (Phi) is 8.27. The molecular weight excluding hydrogens is 473 g/mol. The number of aliphatic carboxylic acids is 1. The number of carbonyl (C=O) groups excluding carboxylic acids is 1. The molecule has 1 aliphatic heterocycles. The van der Waals surface area contributed by atoms with Gasteiger partial charge in [-0.2, -0.15) is 18.2 Å². The topological polar surface area (TPSA) is 131 Å². The van der Waals surface area contributed by atoms with E-state index in [4.69, 9.17) is 18.8 Å². The lowest BCUT2D eigenvalue weighted by atomic mass is 10.3. The fraction of sp³-hybridized carbons (Fsp3) is 0.476. The number of hydrogen-bond donors (Lipinski definition) is 1. The van der Waals surface area contributed by atoms with Gasteiger partial charge >= 0.3 is 12.1 Å². The van der Waals surface area contributed by atoms with Crippen molar-refractivity contribution in [3.05, 3.63) is 53.6 Å². The molecule has 3 aromatic rings. The number of carbonyl (C=O) groups is 2. The molecule has 0 spiro atoms. The maximum absolute atomic E-state index is 12.6. The minimum atomic E-state index is -5.08. The zero-order valence-electron chi connectivity index (χ0n) is 19.2. The summed E-state index contributed by atoms with van der Waals surface area (Å²) in [4.78, 5) is 34.2. The van der Waals surface area contributed by atoms with Gasteiger partial charge in [-0.05, 0) is 26.1 Å². The highest BCUT2D eigenvalue weighted by Crippen LogP contribution is 2.16. The Morgan fingerprint density at radius 2 is 1.97 bits per heavy atom. The Labute approximate surface area is 198 Å². The summed E-state index contributed by atoms with van der Waals surface area (Å²) in [6, 6.07) is 3.87. The first-order chi connectivity index (χ1) is 16.5. The lowest BCUT2D eigenvalue weighted by Gasteiger charge is -2.20. The van der Waals surface area contributed by atoms with Gasteiger partial charge in [0.05, 0.1) is 18.5 Å². The van der Waals surface area contributed by atoms with Crippen LogP contribution >= 0.6 is 0 Å². The number of aromatic nitrogens is 4.